The van der Waals surface area contributed by atoms with Gasteiger partial charge in [0.05, 0.1) is 12.2 Å². The third-order valence-corrected chi connectivity index (χ3v) is 4.01. The van der Waals surface area contributed by atoms with Crippen LogP contribution in [0.25, 0.3) is 0 Å². The number of rotatable bonds is 8. The summed E-state index contributed by atoms with van der Waals surface area (Å²) in [6, 6.07) is 5.78. The molecule has 0 unspecified atom stereocenters. The van der Waals surface area contributed by atoms with Gasteiger partial charge in [-0.1, -0.05) is 19.1 Å². The van der Waals surface area contributed by atoms with Crippen LogP contribution >= 0.6 is 0 Å². The Bertz CT molecular complexity index is 535. The van der Waals surface area contributed by atoms with Crippen molar-refractivity contribution >= 4 is 15.7 Å². The van der Waals surface area contributed by atoms with Crippen LogP contribution in [0, 0.1) is 0 Å². The summed E-state index contributed by atoms with van der Waals surface area (Å²) in [5, 5.41) is 10.9. The van der Waals surface area contributed by atoms with Gasteiger partial charge in [-0.05, 0) is 18.6 Å². The number of nitrogens with one attached hydrogen (secondary N) is 2. The van der Waals surface area contributed by atoms with E-state index in [4.69, 9.17) is 5.11 Å². The molecule has 0 aliphatic heterocycles. The molecule has 0 atom stereocenters. The normalized spacial score (nSPS) is 12.4. The van der Waals surface area contributed by atoms with Crippen LogP contribution in [0.5, 0.6) is 0 Å². The Kier molecular flexibility index (Phi) is 5.85. The molecule has 0 aliphatic rings. The molecule has 1 aromatic rings. The molecule has 114 valence electrons. The standard InChI is InChI=1S/C12H18F2N2O3S/c1-2-7-16-20(18,19)11-6-4-3-5-10(11)15-8-12(13,14)9-17/h3-6,15-17H,2,7-9H2,1H3. The average molecular weight is 308 g/mol. The summed E-state index contributed by atoms with van der Waals surface area (Å²) < 4.78 is 52.4. The second kappa shape index (κ2) is 6.96. The summed E-state index contributed by atoms with van der Waals surface area (Å²) in [6.07, 6.45) is 0.622. The van der Waals surface area contributed by atoms with Crippen LogP contribution in [0.3, 0.4) is 0 Å². The summed E-state index contributed by atoms with van der Waals surface area (Å²) in [4.78, 5) is -0.0952. The Morgan fingerprint density at radius 1 is 1.30 bits per heavy atom. The van der Waals surface area contributed by atoms with Gasteiger partial charge in [0.15, 0.2) is 0 Å². The highest BCUT2D eigenvalue weighted by atomic mass is 32.2. The first-order valence-corrected chi connectivity index (χ1v) is 7.62. The number of halogens is 2. The number of hydrogen-bond acceptors (Lipinski definition) is 4. The van der Waals surface area contributed by atoms with Crippen molar-refractivity contribution in [2.75, 3.05) is 25.0 Å². The van der Waals surface area contributed by atoms with Gasteiger partial charge < -0.3 is 10.4 Å². The highest BCUT2D eigenvalue weighted by Crippen LogP contribution is 2.22. The Labute approximate surface area is 117 Å². The molecule has 0 radical (unpaired) electrons. The highest BCUT2D eigenvalue weighted by Gasteiger charge is 2.28. The van der Waals surface area contributed by atoms with E-state index in [1.807, 2.05) is 6.92 Å². The first-order chi connectivity index (χ1) is 9.32. The van der Waals surface area contributed by atoms with E-state index >= 15 is 0 Å². The first kappa shape index (κ1) is 16.8. The van der Waals surface area contributed by atoms with Gasteiger partial charge >= 0.3 is 0 Å². The van der Waals surface area contributed by atoms with Crippen LogP contribution in [-0.4, -0.2) is 39.1 Å². The van der Waals surface area contributed by atoms with Crippen molar-refractivity contribution in [2.24, 2.45) is 0 Å². The lowest BCUT2D eigenvalue weighted by Gasteiger charge is -2.17. The topological polar surface area (TPSA) is 78.4 Å². The molecule has 0 amide bonds. The number of alkyl halides is 2. The van der Waals surface area contributed by atoms with E-state index in [0.29, 0.717) is 6.42 Å². The summed E-state index contributed by atoms with van der Waals surface area (Å²) in [5.41, 5.74) is 0.0734. The lowest BCUT2D eigenvalue weighted by atomic mass is 10.3. The van der Waals surface area contributed by atoms with E-state index < -0.39 is 29.1 Å². The fourth-order valence-corrected chi connectivity index (χ4v) is 2.76. The van der Waals surface area contributed by atoms with E-state index in [9.17, 15) is 17.2 Å². The molecule has 0 bridgehead atoms. The zero-order valence-electron chi connectivity index (χ0n) is 11.1. The molecule has 3 N–H and O–H groups in total. The molecular weight excluding hydrogens is 290 g/mol. The molecule has 0 spiro atoms. The number of anilines is 1. The maximum Gasteiger partial charge on any atom is 0.287 e. The minimum Gasteiger partial charge on any atom is -0.390 e. The molecule has 1 aromatic carbocycles. The first-order valence-electron chi connectivity index (χ1n) is 6.13. The summed E-state index contributed by atoms with van der Waals surface area (Å²) >= 11 is 0. The predicted octanol–water partition coefficient (Wildman–Crippen LogP) is 1.41. The molecule has 0 aliphatic carbocycles. The Balaban J connectivity index is 2.94. The van der Waals surface area contributed by atoms with Gasteiger partial charge in [-0.15, -0.1) is 0 Å². The number of para-hydroxylation sites is 1. The van der Waals surface area contributed by atoms with Crippen LogP contribution in [0.15, 0.2) is 29.2 Å². The highest BCUT2D eigenvalue weighted by molar-refractivity contribution is 7.89. The van der Waals surface area contributed by atoms with Crippen molar-refractivity contribution < 1.29 is 22.3 Å². The van der Waals surface area contributed by atoms with E-state index in [1.165, 1.54) is 24.3 Å². The molecule has 5 nitrogen and oxygen atoms in total. The van der Waals surface area contributed by atoms with Crippen molar-refractivity contribution in [1.82, 2.24) is 4.72 Å². The minimum absolute atomic E-state index is 0.0734. The molecule has 20 heavy (non-hydrogen) atoms. The van der Waals surface area contributed by atoms with Gasteiger partial charge in [0.2, 0.25) is 10.0 Å². The molecule has 0 aromatic heterocycles. The maximum absolute atomic E-state index is 13.0. The third kappa shape index (κ3) is 4.69. The fraction of sp³-hybridized carbons (Fsp3) is 0.500. The molecule has 0 saturated heterocycles. The van der Waals surface area contributed by atoms with Crippen molar-refractivity contribution in [3.8, 4) is 0 Å². The summed E-state index contributed by atoms with van der Waals surface area (Å²) in [5.74, 6) is -3.31. The van der Waals surface area contributed by atoms with Crippen molar-refractivity contribution in [3.63, 3.8) is 0 Å². The number of sulfonamides is 1. The average Bonchev–Trinajstić information content (AvgIpc) is 2.43. The van der Waals surface area contributed by atoms with E-state index in [2.05, 4.69) is 10.0 Å². The Morgan fingerprint density at radius 2 is 1.95 bits per heavy atom. The number of hydrogen-bond donors (Lipinski definition) is 3. The Morgan fingerprint density at radius 3 is 2.55 bits per heavy atom. The molecular formula is C12H18F2N2O3S. The minimum atomic E-state index is -3.75. The quantitative estimate of drug-likeness (QED) is 0.678. The zero-order chi connectivity index (χ0) is 15.2. The van der Waals surface area contributed by atoms with Crippen LogP contribution in [0.4, 0.5) is 14.5 Å². The molecule has 0 fully saturated rings. The molecule has 0 heterocycles. The van der Waals surface area contributed by atoms with Gasteiger partial charge in [0.25, 0.3) is 5.92 Å². The molecule has 8 heteroatoms. The maximum atomic E-state index is 13.0. The number of aliphatic hydroxyl groups is 1. The van der Waals surface area contributed by atoms with E-state index in [-0.39, 0.29) is 17.1 Å². The third-order valence-electron chi connectivity index (χ3n) is 2.49. The van der Waals surface area contributed by atoms with Crippen molar-refractivity contribution in [2.45, 2.75) is 24.2 Å². The lowest BCUT2D eigenvalue weighted by molar-refractivity contribution is -0.0373. The van der Waals surface area contributed by atoms with Gasteiger partial charge in [0.1, 0.15) is 11.5 Å². The van der Waals surface area contributed by atoms with Crippen LogP contribution in [0.2, 0.25) is 0 Å². The van der Waals surface area contributed by atoms with E-state index in [1.54, 1.807) is 0 Å². The fourth-order valence-electron chi connectivity index (χ4n) is 1.44. The number of aliphatic hydroxyl groups excluding tert-OH is 1. The van der Waals surface area contributed by atoms with Gasteiger partial charge in [0, 0.05) is 6.54 Å². The van der Waals surface area contributed by atoms with Crippen LogP contribution in [0.1, 0.15) is 13.3 Å². The number of benzene rings is 1. The van der Waals surface area contributed by atoms with Gasteiger partial charge in [-0.2, -0.15) is 0 Å². The smallest absolute Gasteiger partial charge is 0.287 e. The summed E-state index contributed by atoms with van der Waals surface area (Å²) in [7, 11) is -3.75. The van der Waals surface area contributed by atoms with Crippen LogP contribution in [-0.2, 0) is 10.0 Å². The second-order valence-corrected chi connectivity index (χ2v) is 6.00. The van der Waals surface area contributed by atoms with Gasteiger partial charge in [-0.25, -0.2) is 21.9 Å². The monoisotopic (exact) mass is 308 g/mol. The van der Waals surface area contributed by atoms with Gasteiger partial charge in [-0.3, -0.25) is 0 Å². The Hall–Kier alpha value is -1.25. The van der Waals surface area contributed by atoms with Crippen molar-refractivity contribution in [3.05, 3.63) is 24.3 Å². The predicted molar refractivity (Wildman–Crippen MR) is 72.4 cm³/mol. The SMILES string of the molecule is CCCNS(=O)(=O)c1ccccc1NCC(F)(F)CO. The largest absolute Gasteiger partial charge is 0.390 e. The van der Waals surface area contributed by atoms with Crippen molar-refractivity contribution in [1.29, 1.82) is 0 Å². The van der Waals surface area contributed by atoms with E-state index in [0.717, 1.165) is 0 Å². The second-order valence-electron chi connectivity index (χ2n) is 4.26. The molecule has 1 rings (SSSR count). The zero-order valence-corrected chi connectivity index (χ0v) is 11.9. The lowest BCUT2D eigenvalue weighted by Crippen LogP contribution is -2.32. The summed E-state index contributed by atoms with van der Waals surface area (Å²) in [6.45, 7) is -0.0647. The van der Waals surface area contributed by atoms with Crippen LogP contribution < -0.4 is 10.0 Å². The molecule has 0 saturated carbocycles.